The summed E-state index contributed by atoms with van der Waals surface area (Å²) < 4.78 is 109. The summed E-state index contributed by atoms with van der Waals surface area (Å²) in [5, 5.41) is 6.72. The van der Waals surface area contributed by atoms with Crippen LogP contribution < -0.4 is 5.32 Å². The molecule has 3 rings (SSSR count). The lowest BCUT2D eigenvalue weighted by atomic mass is 10.1. The molecule has 0 saturated carbocycles. The largest absolute Gasteiger partial charge is 0.471 e. The summed E-state index contributed by atoms with van der Waals surface area (Å²) >= 11 is 0. The van der Waals surface area contributed by atoms with Crippen LogP contribution in [-0.4, -0.2) is 41.2 Å². The molecule has 1 aromatic heterocycles. The number of alkyl halides is 3. The van der Waals surface area contributed by atoms with Crippen molar-refractivity contribution < 1.29 is 49.3 Å². The fraction of sp³-hybridized carbons (Fsp3) is 0.250. The molecule has 0 bridgehead atoms. The molecule has 0 unspecified atom stereocenters. The van der Waals surface area contributed by atoms with Crippen LogP contribution in [0.2, 0.25) is 0 Å². The van der Waals surface area contributed by atoms with Gasteiger partial charge in [-0.25, -0.2) is 22.0 Å². The van der Waals surface area contributed by atoms with Crippen LogP contribution in [0.15, 0.2) is 28.8 Å². The first-order valence-electron chi connectivity index (χ1n) is 9.54. The number of hydroxylamine groups is 2. The molecule has 0 radical (unpaired) electrons. The molecular formula is C20H14F8N4O3. The highest BCUT2D eigenvalue weighted by atomic mass is 19.4. The first-order chi connectivity index (χ1) is 16.4. The van der Waals surface area contributed by atoms with Gasteiger partial charge in [0.2, 0.25) is 11.6 Å². The second-order valence-electron chi connectivity index (χ2n) is 6.93. The summed E-state index contributed by atoms with van der Waals surface area (Å²) in [5.74, 6) is -12.9. The lowest BCUT2D eigenvalue weighted by molar-refractivity contribution is -0.159. The lowest BCUT2D eigenvalue weighted by Gasteiger charge is -2.18. The Morgan fingerprint density at radius 3 is 2.11 bits per heavy atom. The predicted molar refractivity (Wildman–Crippen MR) is 101 cm³/mol. The molecule has 0 aliphatic heterocycles. The average Bonchev–Trinajstić information content (AvgIpc) is 3.32. The van der Waals surface area contributed by atoms with E-state index in [1.54, 1.807) is 0 Å². The number of carbonyl (C=O) groups is 1. The summed E-state index contributed by atoms with van der Waals surface area (Å²) in [5.41, 5.74) is -0.846. The fourth-order valence-corrected chi connectivity index (χ4v) is 2.67. The van der Waals surface area contributed by atoms with Crippen molar-refractivity contribution in [1.82, 2.24) is 20.5 Å². The molecule has 188 valence electrons. The van der Waals surface area contributed by atoms with E-state index >= 15 is 0 Å². The molecule has 3 aromatic rings. The normalized spacial score (nSPS) is 11.8. The van der Waals surface area contributed by atoms with Gasteiger partial charge in [0.15, 0.2) is 23.3 Å². The second-order valence-corrected chi connectivity index (χ2v) is 6.93. The van der Waals surface area contributed by atoms with Gasteiger partial charge in [0.1, 0.15) is 0 Å². The van der Waals surface area contributed by atoms with E-state index in [1.165, 1.54) is 31.3 Å². The second kappa shape index (κ2) is 10.4. The van der Waals surface area contributed by atoms with Crippen LogP contribution in [-0.2, 0) is 17.6 Å². The molecule has 0 fully saturated rings. The molecule has 1 heterocycles. The van der Waals surface area contributed by atoms with Gasteiger partial charge in [0, 0.05) is 31.3 Å². The zero-order valence-corrected chi connectivity index (χ0v) is 17.5. The van der Waals surface area contributed by atoms with Crippen LogP contribution in [0, 0.1) is 29.1 Å². The molecule has 1 N–H and O–H groups in total. The minimum Gasteiger partial charge on any atom is -0.351 e. The van der Waals surface area contributed by atoms with Crippen molar-refractivity contribution in [2.75, 3.05) is 20.1 Å². The van der Waals surface area contributed by atoms with E-state index in [0.717, 1.165) is 5.06 Å². The Hall–Kier alpha value is -3.59. The van der Waals surface area contributed by atoms with Gasteiger partial charge in [0.05, 0.1) is 12.2 Å². The van der Waals surface area contributed by atoms with Crippen LogP contribution in [0.25, 0.3) is 11.4 Å². The SMILES string of the molecule is CN(CCNC(=O)c1ccc(-c2noc(C(F)(F)F)n2)cc1)OCc1c(F)c(F)c(F)c(F)c1F. The third-order valence-corrected chi connectivity index (χ3v) is 4.52. The number of nitrogens with zero attached hydrogens (tertiary/aromatic N) is 3. The summed E-state index contributed by atoms with van der Waals surface area (Å²) in [6.07, 6.45) is -4.80. The maximum Gasteiger partial charge on any atom is 0.471 e. The number of hydrogen-bond donors (Lipinski definition) is 1. The smallest absolute Gasteiger partial charge is 0.351 e. The molecule has 0 aliphatic rings. The van der Waals surface area contributed by atoms with Crippen molar-refractivity contribution in [1.29, 1.82) is 0 Å². The van der Waals surface area contributed by atoms with Crippen molar-refractivity contribution >= 4 is 5.91 Å². The number of aromatic nitrogens is 2. The molecule has 0 spiro atoms. The van der Waals surface area contributed by atoms with E-state index in [-0.39, 0.29) is 30.0 Å². The molecule has 35 heavy (non-hydrogen) atoms. The number of amides is 1. The van der Waals surface area contributed by atoms with E-state index in [9.17, 15) is 39.9 Å². The molecule has 15 heteroatoms. The van der Waals surface area contributed by atoms with Crippen molar-refractivity contribution in [3.8, 4) is 11.4 Å². The summed E-state index contributed by atoms with van der Waals surface area (Å²) in [4.78, 5) is 20.4. The number of halogens is 8. The number of likely N-dealkylation sites (N-methyl/N-ethyl adjacent to an activating group) is 1. The minimum absolute atomic E-state index is 0.0394. The zero-order chi connectivity index (χ0) is 25.9. The first kappa shape index (κ1) is 26.0. The quantitative estimate of drug-likeness (QED) is 0.211. The number of carbonyl (C=O) groups excluding carboxylic acids is 1. The monoisotopic (exact) mass is 510 g/mol. The average molecular weight is 510 g/mol. The summed E-state index contributed by atoms with van der Waals surface area (Å²) in [6.45, 7) is -1.04. The Morgan fingerprint density at radius 2 is 1.57 bits per heavy atom. The van der Waals surface area contributed by atoms with Gasteiger partial charge >= 0.3 is 12.1 Å². The summed E-state index contributed by atoms with van der Waals surface area (Å²) in [7, 11) is 1.30. The third-order valence-electron chi connectivity index (χ3n) is 4.52. The minimum atomic E-state index is -4.80. The van der Waals surface area contributed by atoms with Gasteiger partial charge in [-0.3, -0.25) is 9.63 Å². The van der Waals surface area contributed by atoms with Crippen LogP contribution in [0.4, 0.5) is 35.1 Å². The van der Waals surface area contributed by atoms with E-state index in [2.05, 4.69) is 20.0 Å². The van der Waals surface area contributed by atoms with Gasteiger partial charge in [-0.15, -0.1) is 0 Å². The number of benzene rings is 2. The molecule has 2 aromatic carbocycles. The van der Waals surface area contributed by atoms with Crippen LogP contribution in [0.1, 0.15) is 21.8 Å². The zero-order valence-electron chi connectivity index (χ0n) is 17.5. The molecule has 0 saturated heterocycles. The third kappa shape index (κ3) is 5.92. The summed E-state index contributed by atoms with van der Waals surface area (Å²) in [6, 6.07) is 5.22. The molecule has 1 amide bonds. The van der Waals surface area contributed by atoms with Gasteiger partial charge in [-0.2, -0.15) is 23.2 Å². The van der Waals surface area contributed by atoms with E-state index in [4.69, 9.17) is 4.84 Å². The lowest BCUT2D eigenvalue weighted by Crippen LogP contribution is -2.33. The first-order valence-corrected chi connectivity index (χ1v) is 9.54. The number of rotatable bonds is 8. The Kier molecular flexibility index (Phi) is 7.70. The standard InChI is InChI=1S/C20H14F8N4O3/c1-32(34-8-11-12(21)14(23)16(25)15(24)13(11)22)7-6-29-18(33)10-4-2-9(3-5-10)17-30-19(35-31-17)20(26,27)28/h2-5H,6-8H2,1H3,(H,29,33). The maximum atomic E-state index is 13.6. The Bertz CT molecular complexity index is 1190. The van der Waals surface area contributed by atoms with Crippen molar-refractivity contribution in [2.45, 2.75) is 12.8 Å². The molecular weight excluding hydrogens is 496 g/mol. The Morgan fingerprint density at radius 1 is 1.00 bits per heavy atom. The van der Waals surface area contributed by atoms with Crippen LogP contribution >= 0.6 is 0 Å². The Balaban J connectivity index is 1.50. The van der Waals surface area contributed by atoms with Gasteiger partial charge in [0.25, 0.3) is 5.91 Å². The van der Waals surface area contributed by atoms with Gasteiger partial charge in [-0.05, 0) is 12.1 Å². The Labute approximate surface area is 191 Å². The molecule has 0 aliphatic carbocycles. The highest BCUT2D eigenvalue weighted by Crippen LogP contribution is 2.29. The van der Waals surface area contributed by atoms with Crippen molar-refractivity contribution in [2.24, 2.45) is 0 Å². The van der Waals surface area contributed by atoms with Crippen LogP contribution in [0.3, 0.4) is 0 Å². The van der Waals surface area contributed by atoms with E-state index in [1.807, 2.05) is 0 Å². The molecule has 7 nitrogen and oxygen atoms in total. The number of nitrogens with one attached hydrogen (secondary N) is 1. The van der Waals surface area contributed by atoms with Gasteiger partial charge in [-0.1, -0.05) is 17.3 Å². The topological polar surface area (TPSA) is 80.5 Å². The number of hydrogen-bond acceptors (Lipinski definition) is 6. The highest BCUT2D eigenvalue weighted by Gasteiger charge is 2.38. The molecule has 0 atom stereocenters. The highest BCUT2D eigenvalue weighted by molar-refractivity contribution is 5.94. The maximum absolute atomic E-state index is 13.6. The van der Waals surface area contributed by atoms with Crippen molar-refractivity contribution in [3.63, 3.8) is 0 Å². The van der Waals surface area contributed by atoms with Gasteiger partial charge < -0.3 is 9.84 Å². The van der Waals surface area contributed by atoms with Crippen LogP contribution in [0.5, 0.6) is 0 Å². The van der Waals surface area contributed by atoms with Crippen molar-refractivity contribution in [3.05, 3.63) is 70.4 Å². The fourth-order valence-electron chi connectivity index (χ4n) is 2.67. The van der Waals surface area contributed by atoms with E-state index in [0.29, 0.717) is 0 Å². The van der Waals surface area contributed by atoms with E-state index < -0.39 is 59.2 Å². The predicted octanol–water partition coefficient (Wildman–Crippen LogP) is 4.24.